The molecule has 0 saturated carbocycles. The van der Waals surface area contributed by atoms with Crippen LogP contribution < -0.4 is 0 Å². The normalized spacial score (nSPS) is 11.4. The Hall–Kier alpha value is -6.79. The number of nitrogens with zero attached hydrogens (tertiary/aromatic N) is 4. The lowest BCUT2D eigenvalue weighted by Crippen LogP contribution is -2.04. The Morgan fingerprint density at radius 1 is 0.415 bits per heavy atom. The number of hydrogen-bond acceptors (Lipinski definition) is 3. The Kier molecular flexibility index (Phi) is 7.93. The Labute approximate surface area is 305 Å². The van der Waals surface area contributed by atoms with Gasteiger partial charge in [0.15, 0.2) is 17.5 Å². The quantitative estimate of drug-likeness (QED) is 0.174. The molecule has 0 amide bonds. The fourth-order valence-corrected chi connectivity index (χ4v) is 7.32. The monoisotopic (exact) mass is 690 g/mol. The molecule has 2 heterocycles. The molecule has 53 heavy (non-hydrogen) atoms. The summed E-state index contributed by atoms with van der Waals surface area (Å²) < 4.78 is 33.0. The molecule has 0 spiro atoms. The number of aromatic nitrogens is 4. The molecular formula is C47H32F2N4. The summed E-state index contributed by atoms with van der Waals surface area (Å²) in [5.74, 6) is 0.199. The fourth-order valence-electron chi connectivity index (χ4n) is 7.32. The van der Waals surface area contributed by atoms with Gasteiger partial charge in [-0.15, -0.1) is 0 Å². The van der Waals surface area contributed by atoms with Crippen LogP contribution in [0.3, 0.4) is 0 Å². The van der Waals surface area contributed by atoms with E-state index in [1.54, 1.807) is 6.07 Å². The summed E-state index contributed by atoms with van der Waals surface area (Å²) in [7, 11) is 0. The lowest BCUT2D eigenvalue weighted by molar-refractivity contribution is 0.589. The van der Waals surface area contributed by atoms with Crippen LogP contribution in [0.15, 0.2) is 158 Å². The Morgan fingerprint density at radius 2 is 0.981 bits per heavy atom. The van der Waals surface area contributed by atoms with Crippen LogP contribution in [-0.4, -0.2) is 19.5 Å². The molecule has 6 heteroatoms. The van der Waals surface area contributed by atoms with E-state index < -0.39 is 11.6 Å². The molecular weight excluding hydrogens is 659 g/mol. The Balaban J connectivity index is 1.35. The van der Waals surface area contributed by atoms with Gasteiger partial charge in [-0.1, -0.05) is 126 Å². The second-order valence-corrected chi connectivity index (χ2v) is 13.3. The lowest BCUT2D eigenvalue weighted by Gasteiger charge is -2.17. The van der Waals surface area contributed by atoms with E-state index in [4.69, 9.17) is 15.0 Å². The van der Waals surface area contributed by atoms with Crippen LogP contribution >= 0.6 is 0 Å². The first-order valence-electron chi connectivity index (χ1n) is 17.5. The standard InChI is InChI=1S/C47H32F2N4/c1-29-24-30(2)26-35(25-29)33-21-23-42-38(27-33)36-16-9-10-19-41(36)53(42)43-28-34(44-39(48)17-11-18-40(44)49)20-22-37(43)47-51-45(31-12-5-3-6-13-31)50-46(52-47)32-14-7-4-8-15-32/h3-28H,1-2H3. The predicted octanol–water partition coefficient (Wildman–Crippen LogP) is 12.2. The van der Waals surface area contributed by atoms with Crippen molar-refractivity contribution >= 4 is 21.8 Å². The van der Waals surface area contributed by atoms with Crippen molar-refractivity contribution in [3.05, 3.63) is 180 Å². The van der Waals surface area contributed by atoms with E-state index in [1.807, 2.05) is 84.9 Å². The van der Waals surface area contributed by atoms with Crippen molar-refractivity contribution in [3.63, 3.8) is 0 Å². The van der Waals surface area contributed by atoms with Crippen molar-refractivity contribution in [2.45, 2.75) is 13.8 Å². The largest absolute Gasteiger partial charge is 0.308 e. The third-order valence-electron chi connectivity index (χ3n) is 9.66. The molecule has 0 saturated heterocycles. The summed E-state index contributed by atoms with van der Waals surface area (Å²) in [6.45, 7) is 4.23. The smallest absolute Gasteiger partial charge is 0.166 e. The van der Waals surface area contributed by atoms with Gasteiger partial charge in [0.2, 0.25) is 0 Å². The number of fused-ring (bicyclic) bond motifs is 3. The Morgan fingerprint density at radius 3 is 1.64 bits per heavy atom. The highest BCUT2D eigenvalue weighted by Crippen LogP contribution is 2.40. The molecule has 0 fully saturated rings. The van der Waals surface area contributed by atoms with Gasteiger partial charge >= 0.3 is 0 Å². The first-order chi connectivity index (χ1) is 25.9. The lowest BCUT2D eigenvalue weighted by atomic mass is 9.99. The highest BCUT2D eigenvalue weighted by Gasteiger charge is 2.22. The van der Waals surface area contributed by atoms with Crippen LogP contribution in [0.5, 0.6) is 0 Å². The van der Waals surface area contributed by atoms with Crippen LogP contribution in [0.2, 0.25) is 0 Å². The molecule has 4 nitrogen and oxygen atoms in total. The number of para-hydroxylation sites is 1. The first-order valence-corrected chi connectivity index (χ1v) is 17.5. The second-order valence-electron chi connectivity index (χ2n) is 13.3. The highest BCUT2D eigenvalue weighted by molar-refractivity contribution is 6.11. The third kappa shape index (κ3) is 5.84. The zero-order chi connectivity index (χ0) is 36.1. The van der Waals surface area contributed by atoms with E-state index >= 15 is 8.78 Å². The van der Waals surface area contributed by atoms with E-state index in [-0.39, 0.29) is 5.56 Å². The molecule has 2 aromatic heterocycles. The molecule has 0 aliphatic rings. The van der Waals surface area contributed by atoms with Gasteiger partial charge in [0.05, 0.1) is 22.3 Å². The van der Waals surface area contributed by atoms with Crippen molar-refractivity contribution in [2.75, 3.05) is 0 Å². The van der Waals surface area contributed by atoms with Gasteiger partial charge in [-0.05, 0) is 73.0 Å². The van der Waals surface area contributed by atoms with Gasteiger partial charge in [0, 0.05) is 27.5 Å². The number of aryl methyl sites for hydroxylation is 2. The molecule has 254 valence electrons. The molecule has 9 rings (SSSR count). The van der Waals surface area contributed by atoms with Gasteiger partial charge in [-0.2, -0.15) is 0 Å². The van der Waals surface area contributed by atoms with E-state index in [9.17, 15) is 0 Å². The van der Waals surface area contributed by atoms with Crippen molar-refractivity contribution < 1.29 is 8.78 Å². The van der Waals surface area contributed by atoms with E-state index in [0.29, 0.717) is 34.3 Å². The minimum absolute atomic E-state index is 0.0937. The van der Waals surface area contributed by atoms with Crippen molar-refractivity contribution in [2.24, 2.45) is 0 Å². The zero-order valence-electron chi connectivity index (χ0n) is 29.1. The van der Waals surface area contributed by atoms with E-state index in [2.05, 4.69) is 66.9 Å². The second kappa shape index (κ2) is 13.1. The summed E-state index contributed by atoms with van der Waals surface area (Å²) >= 11 is 0. The van der Waals surface area contributed by atoms with Crippen LogP contribution in [0, 0.1) is 25.5 Å². The van der Waals surface area contributed by atoms with Crippen LogP contribution in [0.1, 0.15) is 11.1 Å². The topological polar surface area (TPSA) is 43.6 Å². The minimum Gasteiger partial charge on any atom is -0.308 e. The maximum atomic E-state index is 15.4. The van der Waals surface area contributed by atoms with Gasteiger partial charge in [0.25, 0.3) is 0 Å². The SMILES string of the molecule is Cc1cc(C)cc(-c2ccc3c(c2)c2ccccc2n3-c2cc(-c3c(F)cccc3F)ccc2-c2nc(-c3ccccc3)nc(-c3ccccc3)n2)c1. The summed E-state index contributed by atoms with van der Waals surface area (Å²) in [6.07, 6.45) is 0. The summed E-state index contributed by atoms with van der Waals surface area (Å²) in [4.78, 5) is 15.0. The van der Waals surface area contributed by atoms with Crippen molar-refractivity contribution in [1.82, 2.24) is 19.5 Å². The number of halogens is 2. The molecule has 0 N–H and O–H groups in total. The summed E-state index contributed by atoms with van der Waals surface area (Å²) in [5.41, 5.74) is 9.88. The Bertz CT molecular complexity index is 2730. The molecule has 0 aliphatic carbocycles. The van der Waals surface area contributed by atoms with Gasteiger partial charge in [-0.3, -0.25) is 0 Å². The summed E-state index contributed by atoms with van der Waals surface area (Å²) in [6, 6.07) is 50.3. The number of rotatable bonds is 6. The molecule has 9 aromatic rings. The molecule has 0 bridgehead atoms. The average Bonchev–Trinajstić information content (AvgIpc) is 3.51. The molecule has 0 atom stereocenters. The first kappa shape index (κ1) is 32.1. The van der Waals surface area contributed by atoms with E-state index in [0.717, 1.165) is 44.1 Å². The molecule has 0 unspecified atom stereocenters. The average molecular weight is 691 g/mol. The van der Waals surface area contributed by atoms with Crippen molar-refractivity contribution in [3.8, 4) is 62.1 Å². The fraction of sp³-hybridized carbons (Fsp3) is 0.0426. The number of hydrogen-bond donors (Lipinski definition) is 0. The molecule has 0 radical (unpaired) electrons. The summed E-state index contributed by atoms with van der Waals surface area (Å²) in [5, 5.41) is 2.10. The zero-order valence-corrected chi connectivity index (χ0v) is 29.1. The number of benzene rings is 7. The molecule has 7 aromatic carbocycles. The third-order valence-corrected chi connectivity index (χ3v) is 9.66. The van der Waals surface area contributed by atoms with E-state index in [1.165, 1.54) is 29.3 Å². The minimum atomic E-state index is -0.637. The van der Waals surface area contributed by atoms with Crippen LogP contribution in [0.4, 0.5) is 8.78 Å². The van der Waals surface area contributed by atoms with Gasteiger partial charge < -0.3 is 4.57 Å². The highest BCUT2D eigenvalue weighted by atomic mass is 19.1. The van der Waals surface area contributed by atoms with Gasteiger partial charge in [-0.25, -0.2) is 23.7 Å². The maximum Gasteiger partial charge on any atom is 0.166 e. The maximum absolute atomic E-state index is 15.4. The van der Waals surface area contributed by atoms with Crippen molar-refractivity contribution in [1.29, 1.82) is 0 Å². The molecule has 0 aliphatic heterocycles. The predicted molar refractivity (Wildman–Crippen MR) is 211 cm³/mol. The van der Waals surface area contributed by atoms with Crippen LogP contribution in [0.25, 0.3) is 83.9 Å². The van der Waals surface area contributed by atoms with Gasteiger partial charge in [0.1, 0.15) is 11.6 Å². The van der Waals surface area contributed by atoms with Crippen LogP contribution in [-0.2, 0) is 0 Å².